The van der Waals surface area contributed by atoms with Crippen LogP contribution in [0.4, 0.5) is 0 Å². The fourth-order valence-corrected chi connectivity index (χ4v) is 6.51. The highest BCUT2D eigenvalue weighted by atomic mass is 16.4. The van der Waals surface area contributed by atoms with Gasteiger partial charge in [0.2, 0.25) is 0 Å². The fraction of sp³-hybridized carbons (Fsp3) is 0.941. The van der Waals surface area contributed by atoms with Gasteiger partial charge in [0.15, 0.2) is 0 Å². The van der Waals surface area contributed by atoms with Crippen molar-refractivity contribution in [2.45, 2.75) is 64.2 Å². The lowest BCUT2D eigenvalue weighted by molar-refractivity contribution is -0.155. The van der Waals surface area contributed by atoms with Crippen LogP contribution in [0.15, 0.2) is 0 Å². The summed E-state index contributed by atoms with van der Waals surface area (Å²) in [7, 11) is 0. The standard InChI is InChI=1S/C17H26O2/c18-16(19)14-3-1-2-13-12(14)6-9-17-7-4-11(5-8-17)10-15(13)17/h11-15H,1-10H2,(H,18,19). The Kier molecular flexibility index (Phi) is 2.72. The molecule has 0 aromatic rings. The molecule has 5 rings (SSSR count). The summed E-state index contributed by atoms with van der Waals surface area (Å²) < 4.78 is 0. The molecule has 0 saturated heterocycles. The Labute approximate surface area is 116 Å². The molecule has 0 amide bonds. The number of rotatable bonds is 1. The fourth-order valence-electron chi connectivity index (χ4n) is 6.51. The Bertz CT molecular complexity index is 381. The number of carboxylic acid groups (broad SMARTS) is 1. The molecule has 4 atom stereocenters. The molecule has 1 spiro atoms. The minimum atomic E-state index is -0.508. The molecular formula is C17H26O2. The Hall–Kier alpha value is -0.530. The molecule has 19 heavy (non-hydrogen) atoms. The average molecular weight is 262 g/mol. The maximum atomic E-state index is 11.5. The van der Waals surface area contributed by atoms with Gasteiger partial charge in [-0.3, -0.25) is 4.79 Å². The van der Waals surface area contributed by atoms with Gasteiger partial charge in [-0.2, -0.15) is 0 Å². The number of carboxylic acids is 1. The molecule has 4 unspecified atom stereocenters. The summed E-state index contributed by atoms with van der Waals surface area (Å²) in [5.41, 5.74) is 0.649. The lowest BCUT2D eigenvalue weighted by atomic mass is 9.44. The summed E-state index contributed by atoms with van der Waals surface area (Å²) in [5.74, 6) is 2.62. The van der Waals surface area contributed by atoms with E-state index in [1.807, 2.05) is 0 Å². The first-order chi connectivity index (χ1) is 9.20. The van der Waals surface area contributed by atoms with E-state index in [9.17, 15) is 9.90 Å². The minimum absolute atomic E-state index is 0.0171. The highest BCUT2D eigenvalue weighted by molar-refractivity contribution is 5.70. The van der Waals surface area contributed by atoms with E-state index in [2.05, 4.69) is 0 Å². The van der Waals surface area contributed by atoms with Crippen LogP contribution in [0.1, 0.15) is 64.2 Å². The summed E-state index contributed by atoms with van der Waals surface area (Å²) in [6, 6.07) is 0. The molecule has 2 bridgehead atoms. The third-order valence-corrected chi connectivity index (χ3v) is 7.40. The smallest absolute Gasteiger partial charge is 0.306 e. The van der Waals surface area contributed by atoms with Crippen molar-refractivity contribution in [1.82, 2.24) is 0 Å². The topological polar surface area (TPSA) is 37.3 Å². The maximum absolute atomic E-state index is 11.5. The van der Waals surface area contributed by atoms with Gasteiger partial charge in [-0.25, -0.2) is 0 Å². The van der Waals surface area contributed by atoms with Gasteiger partial charge >= 0.3 is 5.97 Å². The van der Waals surface area contributed by atoms with Gasteiger partial charge in [0, 0.05) is 0 Å². The summed E-state index contributed by atoms with van der Waals surface area (Å²) in [4.78, 5) is 11.5. The normalized spacial score (nSPS) is 52.3. The van der Waals surface area contributed by atoms with Gasteiger partial charge in [0.25, 0.3) is 0 Å². The van der Waals surface area contributed by atoms with Crippen LogP contribution >= 0.6 is 0 Å². The third-order valence-electron chi connectivity index (χ3n) is 7.40. The van der Waals surface area contributed by atoms with Gasteiger partial charge in [-0.15, -0.1) is 0 Å². The lowest BCUT2D eigenvalue weighted by Gasteiger charge is -2.61. The summed E-state index contributed by atoms with van der Waals surface area (Å²) in [6.07, 6.45) is 13.3. The van der Waals surface area contributed by atoms with E-state index < -0.39 is 5.97 Å². The van der Waals surface area contributed by atoms with Crippen LogP contribution in [-0.2, 0) is 4.79 Å². The van der Waals surface area contributed by atoms with E-state index in [-0.39, 0.29) is 5.92 Å². The third kappa shape index (κ3) is 1.71. The molecule has 1 N–H and O–H groups in total. The van der Waals surface area contributed by atoms with Crippen molar-refractivity contribution in [3.8, 4) is 0 Å². The zero-order valence-electron chi connectivity index (χ0n) is 11.8. The molecule has 2 heteroatoms. The molecule has 5 aliphatic rings. The molecule has 5 fully saturated rings. The van der Waals surface area contributed by atoms with Crippen molar-refractivity contribution in [1.29, 1.82) is 0 Å². The van der Waals surface area contributed by atoms with Crippen LogP contribution in [0.2, 0.25) is 0 Å². The maximum Gasteiger partial charge on any atom is 0.306 e. The predicted octanol–water partition coefficient (Wildman–Crippen LogP) is 4.09. The van der Waals surface area contributed by atoms with E-state index in [1.54, 1.807) is 0 Å². The Morgan fingerprint density at radius 3 is 2.42 bits per heavy atom. The van der Waals surface area contributed by atoms with Gasteiger partial charge < -0.3 is 5.11 Å². The number of aliphatic carboxylic acids is 1. The predicted molar refractivity (Wildman–Crippen MR) is 73.7 cm³/mol. The van der Waals surface area contributed by atoms with Gasteiger partial charge in [-0.05, 0) is 86.9 Å². The molecule has 0 aromatic carbocycles. The first-order valence-corrected chi connectivity index (χ1v) is 8.42. The largest absolute Gasteiger partial charge is 0.481 e. The number of fused-ring (bicyclic) bond motifs is 3. The molecule has 0 heterocycles. The molecule has 5 saturated carbocycles. The van der Waals surface area contributed by atoms with E-state index in [4.69, 9.17) is 0 Å². The molecular weight excluding hydrogens is 236 g/mol. The van der Waals surface area contributed by atoms with Gasteiger partial charge in [-0.1, -0.05) is 6.42 Å². The Morgan fingerprint density at radius 1 is 0.947 bits per heavy atom. The van der Waals surface area contributed by atoms with Crippen LogP contribution < -0.4 is 0 Å². The van der Waals surface area contributed by atoms with E-state index in [0.29, 0.717) is 11.3 Å². The van der Waals surface area contributed by atoms with Crippen LogP contribution in [0.25, 0.3) is 0 Å². The highest BCUT2D eigenvalue weighted by Gasteiger charge is 2.56. The van der Waals surface area contributed by atoms with E-state index in [1.165, 1.54) is 51.4 Å². The van der Waals surface area contributed by atoms with Crippen molar-refractivity contribution in [2.75, 3.05) is 0 Å². The van der Waals surface area contributed by atoms with Crippen molar-refractivity contribution in [3.63, 3.8) is 0 Å². The quantitative estimate of drug-likeness (QED) is 0.772. The van der Waals surface area contributed by atoms with Crippen molar-refractivity contribution < 1.29 is 9.90 Å². The van der Waals surface area contributed by atoms with Crippen molar-refractivity contribution in [3.05, 3.63) is 0 Å². The summed E-state index contributed by atoms with van der Waals surface area (Å²) >= 11 is 0. The van der Waals surface area contributed by atoms with Gasteiger partial charge in [0.1, 0.15) is 0 Å². The monoisotopic (exact) mass is 262 g/mol. The zero-order valence-corrected chi connectivity index (χ0v) is 11.8. The van der Waals surface area contributed by atoms with Gasteiger partial charge in [0.05, 0.1) is 5.92 Å². The molecule has 106 valence electrons. The van der Waals surface area contributed by atoms with Crippen molar-refractivity contribution >= 4 is 5.97 Å². The number of hydrogen-bond acceptors (Lipinski definition) is 1. The SMILES string of the molecule is O=C(O)C1CCCC2C1CCC13CCC(CC1)CC23. The first-order valence-electron chi connectivity index (χ1n) is 8.42. The Balaban J connectivity index is 1.63. The summed E-state index contributed by atoms with van der Waals surface area (Å²) in [6.45, 7) is 0. The second-order valence-corrected chi connectivity index (χ2v) is 7.89. The zero-order chi connectivity index (χ0) is 13.0. The van der Waals surface area contributed by atoms with Crippen LogP contribution in [0.5, 0.6) is 0 Å². The summed E-state index contributed by atoms with van der Waals surface area (Å²) in [5, 5.41) is 9.50. The average Bonchev–Trinajstić information content (AvgIpc) is 2.46. The highest BCUT2D eigenvalue weighted by Crippen LogP contribution is 2.65. The Morgan fingerprint density at radius 2 is 1.68 bits per heavy atom. The van der Waals surface area contributed by atoms with Crippen LogP contribution in [-0.4, -0.2) is 11.1 Å². The molecule has 0 radical (unpaired) electrons. The number of carbonyl (C=O) groups is 1. The van der Waals surface area contributed by atoms with E-state index in [0.717, 1.165) is 30.6 Å². The van der Waals surface area contributed by atoms with E-state index >= 15 is 0 Å². The van der Waals surface area contributed by atoms with Crippen LogP contribution in [0, 0.1) is 35.0 Å². The molecule has 0 aromatic heterocycles. The minimum Gasteiger partial charge on any atom is -0.481 e. The first kappa shape index (κ1) is 12.2. The van der Waals surface area contributed by atoms with Crippen molar-refractivity contribution in [2.24, 2.45) is 35.0 Å². The second-order valence-electron chi connectivity index (χ2n) is 7.89. The second kappa shape index (κ2) is 4.23. The molecule has 0 aliphatic heterocycles. The molecule has 5 aliphatic carbocycles. The van der Waals surface area contributed by atoms with Crippen LogP contribution in [0.3, 0.4) is 0 Å². The lowest BCUT2D eigenvalue weighted by Crippen LogP contribution is -2.53. The molecule has 2 nitrogen and oxygen atoms in total. The number of hydrogen-bond donors (Lipinski definition) is 1.